The molecule has 0 aliphatic carbocycles. The zero-order valence-corrected chi connectivity index (χ0v) is 19.3. The molecule has 1 amide bonds. The molecule has 174 valence electrons. The summed E-state index contributed by atoms with van der Waals surface area (Å²) < 4.78 is 46.8. The van der Waals surface area contributed by atoms with Gasteiger partial charge in [-0.2, -0.15) is 4.31 Å². The van der Waals surface area contributed by atoms with E-state index in [1.807, 2.05) is 18.2 Å². The van der Waals surface area contributed by atoms with E-state index in [9.17, 15) is 17.6 Å². The highest BCUT2D eigenvalue weighted by atomic mass is 32.2. The van der Waals surface area contributed by atoms with Gasteiger partial charge in [-0.25, -0.2) is 12.8 Å². The molecular weight excluding hydrogens is 433 g/mol. The fraction of sp³-hybridized carbons (Fsp3) is 0.435. The normalized spacial score (nSPS) is 17.4. The van der Waals surface area contributed by atoms with E-state index in [1.54, 1.807) is 13.8 Å². The van der Waals surface area contributed by atoms with E-state index in [4.69, 9.17) is 4.74 Å². The second-order valence-corrected chi connectivity index (χ2v) is 9.59. The second-order valence-electron chi connectivity index (χ2n) is 7.65. The number of rotatable bonds is 9. The number of morpholine rings is 1. The van der Waals surface area contributed by atoms with Crippen molar-refractivity contribution in [1.82, 2.24) is 14.5 Å². The number of sulfonamides is 1. The van der Waals surface area contributed by atoms with Crippen molar-refractivity contribution in [2.75, 3.05) is 39.3 Å². The first kappa shape index (κ1) is 24.3. The Morgan fingerprint density at radius 2 is 1.91 bits per heavy atom. The molecule has 0 radical (unpaired) electrons. The number of carbonyl (C=O) groups is 1. The van der Waals surface area contributed by atoms with Gasteiger partial charge in [0.15, 0.2) is 0 Å². The van der Waals surface area contributed by atoms with Crippen LogP contribution in [0.4, 0.5) is 4.39 Å². The van der Waals surface area contributed by atoms with Gasteiger partial charge in [-0.05, 0) is 23.8 Å². The lowest BCUT2D eigenvalue weighted by Crippen LogP contribution is -2.47. The molecule has 2 aromatic carbocycles. The van der Waals surface area contributed by atoms with E-state index in [-0.39, 0.29) is 36.2 Å². The zero-order valence-electron chi connectivity index (χ0n) is 18.5. The largest absolute Gasteiger partial charge is 0.374 e. The lowest BCUT2D eigenvalue weighted by Gasteiger charge is -2.33. The van der Waals surface area contributed by atoms with E-state index in [2.05, 4.69) is 22.3 Å². The van der Waals surface area contributed by atoms with E-state index in [1.165, 1.54) is 15.9 Å². The van der Waals surface area contributed by atoms with E-state index in [0.717, 1.165) is 25.2 Å². The molecular formula is C23H30FN3O4S. The minimum atomic E-state index is -3.79. The summed E-state index contributed by atoms with van der Waals surface area (Å²) in [7, 11) is -3.79. The molecule has 1 aliphatic rings. The summed E-state index contributed by atoms with van der Waals surface area (Å²) >= 11 is 0. The number of ether oxygens (including phenoxy) is 1. The molecule has 2 aromatic rings. The molecule has 1 atom stereocenters. The number of nitrogens with one attached hydrogen (secondary N) is 1. The van der Waals surface area contributed by atoms with Crippen LogP contribution in [-0.4, -0.2) is 69.0 Å². The van der Waals surface area contributed by atoms with Crippen molar-refractivity contribution >= 4 is 15.9 Å². The summed E-state index contributed by atoms with van der Waals surface area (Å²) in [6.07, 6.45) is -0.234. The maximum Gasteiger partial charge on any atom is 0.254 e. The van der Waals surface area contributed by atoms with Gasteiger partial charge in [-0.1, -0.05) is 44.2 Å². The lowest BCUT2D eigenvalue weighted by atomic mass is 10.1. The summed E-state index contributed by atoms with van der Waals surface area (Å²) in [5.41, 5.74) is 0.903. The molecule has 0 spiro atoms. The van der Waals surface area contributed by atoms with E-state index in [0.29, 0.717) is 13.2 Å². The standard InChI is InChI=1S/C23H30FN3O4S/c1-3-27(4-2)32(29,30)20-10-11-22(24)21(14-20)23(28)25-15-19-17-26(12-13-31-19)16-18-8-6-5-7-9-18/h5-11,14,19H,3-4,12-13,15-17H2,1-2H3,(H,25,28). The number of nitrogens with zero attached hydrogens (tertiary/aromatic N) is 2. The highest BCUT2D eigenvalue weighted by Gasteiger charge is 2.25. The molecule has 0 bridgehead atoms. The monoisotopic (exact) mass is 463 g/mol. The van der Waals surface area contributed by atoms with Crippen LogP contribution in [0, 0.1) is 5.82 Å². The van der Waals surface area contributed by atoms with Crippen molar-refractivity contribution < 1.29 is 22.3 Å². The Labute approximate surface area is 189 Å². The first-order valence-electron chi connectivity index (χ1n) is 10.8. The van der Waals surface area contributed by atoms with Crippen LogP contribution >= 0.6 is 0 Å². The smallest absolute Gasteiger partial charge is 0.254 e. The van der Waals surface area contributed by atoms with Gasteiger partial charge in [0, 0.05) is 39.3 Å². The van der Waals surface area contributed by atoms with Crippen LogP contribution < -0.4 is 5.32 Å². The van der Waals surface area contributed by atoms with Crippen LogP contribution in [0.3, 0.4) is 0 Å². The summed E-state index contributed by atoms with van der Waals surface area (Å²) in [4.78, 5) is 14.8. The predicted octanol–water partition coefficient (Wildman–Crippen LogP) is 2.49. The summed E-state index contributed by atoms with van der Waals surface area (Å²) in [5.74, 6) is -1.43. The maximum absolute atomic E-state index is 14.3. The minimum absolute atomic E-state index is 0.101. The molecule has 0 saturated carbocycles. The first-order valence-corrected chi connectivity index (χ1v) is 12.2. The van der Waals surface area contributed by atoms with Gasteiger partial charge in [0.25, 0.3) is 5.91 Å². The highest BCUT2D eigenvalue weighted by molar-refractivity contribution is 7.89. The van der Waals surface area contributed by atoms with Gasteiger partial charge in [0.05, 0.1) is 23.2 Å². The quantitative estimate of drug-likeness (QED) is 0.618. The third kappa shape index (κ3) is 5.92. The van der Waals surface area contributed by atoms with Crippen LogP contribution in [0.5, 0.6) is 0 Å². The van der Waals surface area contributed by atoms with Crippen molar-refractivity contribution in [2.24, 2.45) is 0 Å². The van der Waals surface area contributed by atoms with Gasteiger partial charge in [0.2, 0.25) is 10.0 Å². The van der Waals surface area contributed by atoms with Gasteiger partial charge < -0.3 is 10.1 Å². The third-order valence-corrected chi connectivity index (χ3v) is 7.53. The van der Waals surface area contributed by atoms with Crippen LogP contribution in [0.1, 0.15) is 29.8 Å². The van der Waals surface area contributed by atoms with Gasteiger partial charge in [0.1, 0.15) is 5.82 Å². The van der Waals surface area contributed by atoms with Crippen molar-refractivity contribution in [1.29, 1.82) is 0 Å². The molecule has 1 aliphatic heterocycles. The molecule has 9 heteroatoms. The minimum Gasteiger partial charge on any atom is -0.374 e. The van der Waals surface area contributed by atoms with Crippen molar-refractivity contribution in [2.45, 2.75) is 31.4 Å². The van der Waals surface area contributed by atoms with Crippen LogP contribution in [0.2, 0.25) is 0 Å². The summed E-state index contributed by atoms with van der Waals surface area (Å²) in [6, 6.07) is 13.4. The summed E-state index contributed by atoms with van der Waals surface area (Å²) in [5, 5.41) is 2.69. The molecule has 1 unspecified atom stereocenters. The molecule has 3 rings (SSSR count). The Bertz CT molecular complexity index is 1010. The molecule has 32 heavy (non-hydrogen) atoms. The Hall–Kier alpha value is -2.33. The fourth-order valence-electron chi connectivity index (χ4n) is 3.74. The van der Waals surface area contributed by atoms with E-state index >= 15 is 0 Å². The second kappa shape index (κ2) is 11.0. The van der Waals surface area contributed by atoms with Crippen molar-refractivity contribution in [3.8, 4) is 0 Å². The number of benzene rings is 2. The van der Waals surface area contributed by atoms with Crippen LogP contribution in [0.25, 0.3) is 0 Å². The van der Waals surface area contributed by atoms with Gasteiger partial charge in [-0.3, -0.25) is 9.69 Å². The van der Waals surface area contributed by atoms with Crippen LogP contribution in [0.15, 0.2) is 53.4 Å². The number of hydrogen-bond acceptors (Lipinski definition) is 5. The van der Waals surface area contributed by atoms with Gasteiger partial charge >= 0.3 is 0 Å². The molecule has 1 heterocycles. The molecule has 7 nitrogen and oxygen atoms in total. The average molecular weight is 464 g/mol. The maximum atomic E-state index is 14.3. The van der Waals surface area contributed by atoms with E-state index < -0.39 is 21.7 Å². The lowest BCUT2D eigenvalue weighted by molar-refractivity contribution is -0.0292. The Balaban J connectivity index is 1.63. The topological polar surface area (TPSA) is 79.0 Å². The van der Waals surface area contributed by atoms with Crippen molar-refractivity contribution in [3.05, 3.63) is 65.5 Å². The zero-order chi connectivity index (χ0) is 23.1. The SMILES string of the molecule is CCN(CC)S(=O)(=O)c1ccc(F)c(C(=O)NCC2CN(Cc3ccccc3)CCO2)c1. The molecule has 1 fully saturated rings. The van der Waals surface area contributed by atoms with Crippen LogP contribution in [-0.2, 0) is 21.3 Å². The third-order valence-electron chi connectivity index (χ3n) is 5.49. The number of carbonyl (C=O) groups excluding carboxylic acids is 1. The Kier molecular flexibility index (Phi) is 8.36. The molecule has 1 N–H and O–H groups in total. The first-order chi connectivity index (χ1) is 15.3. The number of halogens is 1. The number of amides is 1. The number of hydrogen-bond donors (Lipinski definition) is 1. The predicted molar refractivity (Wildman–Crippen MR) is 120 cm³/mol. The Morgan fingerprint density at radius 3 is 2.59 bits per heavy atom. The average Bonchev–Trinajstić information content (AvgIpc) is 2.79. The highest BCUT2D eigenvalue weighted by Crippen LogP contribution is 2.19. The fourth-order valence-corrected chi connectivity index (χ4v) is 5.23. The summed E-state index contributed by atoms with van der Waals surface area (Å²) in [6.45, 7) is 6.98. The van der Waals surface area contributed by atoms with Gasteiger partial charge in [-0.15, -0.1) is 0 Å². The Morgan fingerprint density at radius 1 is 1.19 bits per heavy atom. The molecule has 1 saturated heterocycles. The molecule has 0 aromatic heterocycles. The van der Waals surface area contributed by atoms with Crippen molar-refractivity contribution in [3.63, 3.8) is 0 Å².